The molecule has 0 N–H and O–H groups in total. The van der Waals surface area contributed by atoms with Gasteiger partial charge in [-0.15, -0.1) is 0 Å². The average molecular weight is 362 g/mol. The van der Waals surface area contributed by atoms with E-state index in [0.717, 1.165) is 41.1 Å². The molecule has 8 unspecified atom stereocenters. The van der Waals surface area contributed by atoms with Crippen LogP contribution in [0.25, 0.3) is 0 Å². The molecule has 4 saturated carbocycles. The van der Waals surface area contributed by atoms with E-state index in [1.54, 1.807) is 0 Å². The van der Waals surface area contributed by atoms with Crippen molar-refractivity contribution in [2.45, 2.75) is 77.6 Å². The molecule has 4 aliphatic carbocycles. The number of benzene rings is 1. The molecule has 1 aromatic rings. The number of rotatable bonds is 1. The van der Waals surface area contributed by atoms with Crippen molar-refractivity contribution in [3.63, 3.8) is 0 Å². The predicted molar refractivity (Wildman–Crippen MR) is 110 cm³/mol. The molecule has 4 fully saturated rings. The van der Waals surface area contributed by atoms with E-state index in [-0.39, 0.29) is 0 Å². The van der Waals surface area contributed by atoms with Crippen molar-refractivity contribution in [3.8, 4) is 6.07 Å². The summed E-state index contributed by atoms with van der Waals surface area (Å²) in [7, 11) is 0. The van der Waals surface area contributed by atoms with Gasteiger partial charge in [-0.2, -0.15) is 5.26 Å². The van der Waals surface area contributed by atoms with Crippen molar-refractivity contribution < 1.29 is 0 Å². The van der Waals surface area contributed by atoms with Gasteiger partial charge in [0, 0.05) is 0 Å². The minimum atomic E-state index is 0.490. The van der Waals surface area contributed by atoms with Gasteiger partial charge in [-0.1, -0.05) is 32.4 Å². The first kappa shape index (κ1) is 17.8. The summed E-state index contributed by atoms with van der Waals surface area (Å²) in [6.07, 6.45) is 13.3. The maximum absolute atomic E-state index is 9.12. The third-order valence-electron chi connectivity index (χ3n) is 9.66. The van der Waals surface area contributed by atoms with E-state index in [9.17, 15) is 0 Å². The van der Waals surface area contributed by atoms with Crippen LogP contribution in [0.2, 0.25) is 0 Å². The monoisotopic (exact) mass is 361 g/mol. The van der Waals surface area contributed by atoms with Crippen LogP contribution in [0.5, 0.6) is 0 Å². The Kier molecular flexibility index (Phi) is 4.38. The summed E-state index contributed by atoms with van der Waals surface area (Å²) in [4.78, 5) is 0. The van der Waals surface area contributed by atoms with E-state index in [1.165, 1.54) is 63.4 Å². The maximum Gasteiger partial charge on any atom is 0.0991 e. The Labute approximate surface area is 165 Å². The van der Waals surface area contributed by atoms with Crippen molar-refractivity contribution in [3.05, 3.63) is 35.4 Å². The van der Waals surface area contributed by atoms with Crippen LogP contribution in [0.15, 0.2) is 24.3 Å². The van der Waals surface area contributed by atoms with Crippen LogP contribution in [0, 0.1) is 52.3 Å². The first-order valence-electron chi connectivity index (χ1n) is 11.6. The van der Waals surface area contributed by atoms with Gasteiger partial charge in [-0.05, 0) is 116 Å². The van der Waals surface area contributed by atoms with Crippen molar-refractivity contribution in [2.24, 2.45) is 40.9 Å². The Morgan fingerprint density at radius 2 is 1.67 bits per heavy atom. The lowest BCUT2D eigenvalue weighted by molar-refractivity contribution is -0.0595. The van der Waals surface area contributed by atoms with Crippen LogP contribution in [-0.4, -0.2) is 0 Å². The topological polar surface area (TPSA) is 23.8 Å². The molecule has 4 aliphatic rings. The van der Waals surface area contributed by atoms with Crippen molar-refractivity contribution >= 4 is 0 Å². The van der Waals surface area contributed by atoms with Crippen molar-refractivity contribution in [1.82, 2.24) is 0 Å². The Hall–Kier alpha value is -1.29. The molecule has 144 valence electrons. The van der Waals surface area contributed by atoms with Crippen LogP contribution < -0.4 is 0 Å². The third-order valence-corrected chi connectivity index (χ3v) is 9.66. The summed E-state index contributed by atoms with van der Waals surface area (Å²) in [5.74, 6) is 6.77. The minimum Gasteiger partial charge on any atom is -0.192 e. The van der Waals surface area contributed by atoms with E-state index in [2.05, 4.69) is 32.0 Å². The molecule has 1 nitrogen and oxygen atoms in total. The molecule has 27 heavy (non-hydrogen) atoms. The smallest absolute Gasteiger partial charge is 0.0991 e. The van der Waals surface area contributed by atoms with Crippen LogP contribution in [0.3, 0.4) is 0 Å². The normalized spacial score (nSPS) is 46.0. The van der Waals surface area contributed by atoms with E-state index < -0.39 is 0 Å². The van der Waals surface area contributed by atoms with E-state index in [4.69, 9.17) is 5.26 Å². The largest absolute Gasteiger partial charge is 0.192 e. The van der Waals surface area contributed by atoms with Crippen molar-refractivity contribution in [2.75, 3.05) is 0 Å². The SMILES string of the molecule is CC1CCC2C(CCC3C2CCC2(C)C(c4ccc(C#N)cc4)CCC32)C1. The zero-order valence-electron chi connectivity index (χ0n) is 17.2. The second-order valence-corrected chi connectivity index (χ2v) is 10.8. The minimum absolute atomic E-state index is 0.490. The Morgan fingerprint density at radius 1 is 0.889 bits per heavy atom. The second kappa shape index (κ2) is 6.65. The Morgan fingerprint density at radius 3 is 2.44 bits per heavy atom. The van der Waals surface area contributed by atoms with Gasteiger partial charge >= 0.3 is 0 Å². The van der Waals surface area contributed by atoms with Gasteiger partial charge < -0.3 is 0 Å². The molecule has 0 aliphatic heterocycles. The first-order valence-corrected chi connectivity index (χ1v) is 11.6. The Balaban J connectivity index is 1.38. The zero-order valence-corrected chi connectivity index (χ0v) is 17.2. The highest BCUT2D eigenvalue weighted by atomic mass is 14.6. The molecule has 0 amide bonds. The summed E-state index contributed by atoms with van der Waals surface area (Å²) in [5.41, 5.74) is 2.79. The van der Waals surface area contributed by atoms with E-state index in [0.29, 0.717) is 11.3 Å². The summed E-state index contributed by atoms with van der Waals surface area (Å²) in [6, 6.07) is 10.8. The molecule has 8 atom stereocenters. The fraction of sp³-hybridized carbons (Fsp3) is 0.731. The lowest BCUT2D eigenvalue weighted by Crippen LogP contribution is -2.48. The highest BCUT2D eigenvalue weighted by Gasteiger charge is 2.56. The summed E-state index contributed by atoms with van der Waals surface area (Å²) < 4.78 is 0. The van der Waals surface area contributed by atoms with Gasteiger partial charge in [0.15, 0.2) is 0 Å². The summed E-state index contributed by atoms with van der Waals surface area (Å²) in [6.45, 7) is 5.11. The second-order valence-electron chi connectivity index (χ2n) is 10.8. The molecule has 0 saturated heterocycles. The molecular weight excluding hydrogens is 326 g/mol. The van der Waals surface area contributed by atoms with Gasteiger partial charge in [-0.25, -0.2) is 0 Å². The number of hydrogen-bond acceptors (Lipinski definition) is 1. The quantitative estimate of drug-likeness (QED) is 0.532. The number of nitrogens with zero attached hydrogens (tertiary/aromatic N) is 1. The molecule has 1 aromatic carbocycles. The molecule has 0 heterocycles. The average Bonchev–Trinajstić information content (AvgIpc) is 3.05. The Bertz CT molecular complexity index is 728. The van der Waals surface area contributed by atoms with Gasteiger partial charge in [0.1, 0.15) is 0 Å². The zero-order chi connectivity index (χ0) is 18.6. The standard InChI is InChI=1S/C26H35N/c1-17-3-9-21-20(15-17)8-10-23-22(21)13-14-26(2)24(11-12-25(23)26)19-6-4-18(16-27)5-7-19/h4-7,17,20-25H,3,8-15H2,1-2H3. The predicted octanol–water partition coefficient (Wildman–Crippen LogP) is 6.93. The van der Waals surface area contributed by atoms with Crippen molar-refractivity contribution in [1.29, 1.82) is 5.26 Å². The third kappa shape index (κ3) is 2.78. The molecule has 0 aromatic heterocycles. The first-order chi connectivity index (χ1) is 13.1. The molecule has 1 heteroatoms. The van der Waals surface area contributed by atoms with Crippen LogP contribution in [0.1, 0.15) is 88.7 Å². The maximum atomic E-state index is 9.12. The van der Waals surface area contributed by atoms with Crippen LogP contribution in [0.4, 0.5) is 0 Å². The highest BCUT2D eigenvalue weighted by Crippen LogP contribution is 2.66. The highest BCUT2D eigenvalue weighted by molar-refractivity contribution is 5.34. The molecule has 0 bridgehead atoms. The lowest BCUT2D eigenvalue weighted by Gasteiger charge is -2.56. The van der Waals surface area contributed by atoms with Gasteiger partial charge in [0.05, 0.1) is 11.6 Å². The van der Waals surface area contributed by atoms with E-state index in [1.807, 2.05) is 12.1 Å². The van der Waals surface area contributed by atoms with Crippen LogP contribution >= 0.6 is 0 Å². The number of fused-ring (bicyclic) bond motifs is 5. The summed E-state index contributed by atoms with van der Waals surface area (Å²) >= 11 is 0. The molecular formula is C26H35N. The summed E-state index contributed by atoms with van der Waals surface area (Å²) in [5, 5.41) is 9.12. The fourth-order valence-corrected chi connectivity index (χ4v) is 8.43. The van der Waals surface area contributed by atoms with Gasteiger partial charge in [0.25, 0.3) is 0 Å². The molecule has 0 radical (unpaired) electrons. The number of nitriles is 1. The fourth-order valence-electron chi connectivity index (χ4n) is 8.43. The molecule has 5 rings (SSSR count). The van der Waals surface area contributed by atoms with Gasteiger partial charge in [0.2, 0.25) is 0 Å². The number of hydrogen-bond donors (Lipinski definition) is 0. The molecule has 0 spiro atoms. The van der Waals surface area contributed by atoms with E-state index >= 15 is 0 Å². The lowest BCUT2D eigenvalue weighted by atomic mass is 9.49. The van der Waals surface area contributed by atoms with Crippen LogP contribution in [-0.2, 0) is 0 Å². The van der Waals surface area contributed by atoms with Gasteiger partial charge in [-0.3, -0.25) is 0 Å².